The molecule has 2 fully saturated rings. The highest BCUT2D eigenvalue weighted by Crippen LogP contribution is 2.32. The maximum Gasteiger partial charge on any atom is 0.408 e. The predicted molar refractivity (Wildman–Crippen MR) is 194 cm³/mol. The van der Waals surface area contributed by atoms with Crippen molar-refractivity contribution in [2.45, 2.75) is 128 Å². The molecule has 2 heterocycles. The van der Waals surface area contributed by atoms with E-state index in [9.17, 15) is 27.6 Å². The van der Waals surface area contributed by atoms with Crippen LogP contribution in [0.1, 0.15) is 99.5 Å². The van der Waals surface area contributed by atoms with Gasteiger partial charge in [0.1, 0.15) is 29.3 Å². The van der Waals surface area contributed by atoms with E-state index in [-0.39, 0.29) is 19.4 Å². The van der Waals surface area contributed by atoms with Crippen LogP contribution in [0, 0.1) is 5.41 Å². The highest BCUT2D eigenvalue weighted by molar-refractivity contribution is 7.91. The number of benzene rings is 1. The Balaban J connectivity index is 1.67. The summed E-state index contributed by atoms with van der Waals surface area (Å²) in [6.45, 7) is 19.7. The highest BCUT2D eigenvalue weighted by atomic mass is 32.2. The lowest BCUT2D eigenvalue weighted by Gasteiger charge is -2.36. The van der Waals surface area contributed by atoms with Gasteiger partial charge in [0, 0.05) is 18.0 Å². The molecule has 1 aliphatic heterocycles. The molecule has 4 rings (SSSR count). The molecule has 1 saturated heterocycles. The summed E-state index contributed by atoms with van der Waals surface area (Å²) in [6, 6.07) is 5.63. The van der Waals surface area contributed by atoms with E-state index in [0.717, 1.165) is 16.3 Å². The number of fused-ring (bicyclic) bond motifs is 1. The molecule has 4 amide bonds. The number of aromatic nitrogens is 1. The fourth-order valence-corrected chi connectivity index (χ4v) is 7.35. The van der Waals surface area contributed by atoms with Crippen molar-refractivity contribution in [1.82, 2.24) is 25.2 Å². The van der Waals surface area contributed by atoms with Crippen molar-refractivity contribution in [3.05, 3.63) is 48.7 Å². The number of carbonyl (C=O) groups is 4. The standard InChI is InChI=1S/C37H53N5O8S/c1-11-17-37(10,33(45)41-51(47,48)26-13-14-26)40-30(43)28-20-25(49-31-27-15-12-23(22(2)3)19-24(27)16-18-38-31)21-42(28)32(44)29(35(4,5)6)39-34(46)50-36(7,8)9/h11-12,15-16,18-19,22,25-26,28-29H,1,13-14,17,20-21H2,2-10H3,(H,39,46)(H,40,43)(H,41,45)/t25-,28+,29-,37-/m1/s1. The molecule has 0 radical (unpaired) electrons. The van der Waals surface area contributed by atoms with Crippen molar-refractivity contribution < 1.29 is 37.1 Å². The van der Waals surface area contributed by atoms with E-state index in [4.69, 9.17) is 9.47 Å². The average molecular weight is 728 g/mol. The van der Waals surface area contributed by atoms with Gasteiger partial charge in [-0.1, -0.05) is 52.8 Å². The van der Waals surface area contributed by atoms with Gasteiger partial charge in [-0.2, -0.15) is 0 Å². The third-order valence-electron chi connectivity index (χ3n) is 8.97. The van der Waals surface area contributed by atoms with Crippen LogP contribution in [0.15, 0.2) is 43.1 Å². The molecule has 280 valence electrons. The van der Waals surface area contributed by atoms with Crippen molar-refractivity contribution >= 4 is 44.6 Å². The molecule has 14 heteroatoms. The SMILES string of the molecule is C=CC[C@@](C)(NC(=O)[C@@H]1C[C@@H](Oc2nccc3cc(C(C)C)ccc23)CN1C(=O)[C@@H](NC(=O)OC(C)(C)C)C(C)(C)C)C(=O)NS(=O)(=O)C1CC1. The Bertz CT molecular complexity index is 1780. The number of rotatable bonds is 12. The number of likely N-dealkylation sites (tertiary alicyclic amines) is 1. The number of sulfonamides is 1. The smallest absolute Gasteiger partial charge is 0.408 e. The summed E-state index contributed by atoms with van der Waals surface area (Å²) in [5.41, 5.74) is -2.20. The number of amides is 4. The number of carbonyl (C=O) groups excluding carboxylic acids is 4. The first-order valence-corrected chi connectivity index (χ1v) is 18.9. The van der Waals surface area contributed by atoms with E-state index >= 15 is 0 Å². The molecule has 0 unspecified atom stereocenters. The molecule has 1 aliphatic carbocycles. The van der Waals surface area contributed by atoms with Gasteiger partial charge in [-0.15, -0.1) is 6.58 Å². The van der Waals surface area contributed by atoms with E-state index in [1.165, 1.54) is 17.9 Å². The summed E-state index contributed by atoms with van der Waals surface area (Å²) in [5, 5.41) is 6.45. The molecular weight excluding hydrogens is 675 g/mol. The van der Waals surface area contributed by atoms with Crippen LogP contribution < -0.4 is 20.1 Å². The van der Waals surface area contributed by atoms with Gasteiger partial charge in [0.05, 0.1) is 11.8 Å². The Kier molecular flexibility index (Phi) is 11.5. The van der Waals surface area contributed by atoms with E-state index in [0.29, 0.717) is 24.6 Å². The molecule has 1 saturated carbocycles. The van der Waals surface area contributed by atoms with Crippen LogP contribution in [0.4, 0.5) is 4.79 Å². The van der Waals surface area contributed by atoms with Crippen LogP contribution in [-0.2, 0) is 29.1 Å². The van der Waals surface area contributed by atoms with Crippen LogP contribution >= 0.6 is 0 Å². The lowest BCUT2D eigenvalue weighted by molar-refractivity contribution is -0.143. The largest absolute Gasteiger partial charge is 0.472 e. The number of pyridine rings is 1. The maximum absolute atomic E-state index is 14.4. The van der Waals surface area contributed by atoms with Crippen molar-refractivity contribution in [3.63, 3.8) is 0 Å². The predicted octanol–water partition coefficient (Wildman–Crippen LogP) is 4.71. The lowest BCUT2D eigenvalue weighted by Crippen LogP contribution is -2.62. The normalized spacial score (nSPS) is 19.9. The summed E-state index contributed by atoms with van der Waals surface area (Å²) < 4.78 is 39.3. The first kappa shape index (κ1) is 39.6. The van der Waals surface area contributed by atoms with Crippen LogP contribution in [0.5, 0.6) is 5.88 Å². The first-order chi connectivity index (χ1) is 23.5. The van der Waals surface area contributed by atoms with Crippen molar-refractivity contribution in [3.8, 4) is 5.88 Å². The Hall–Kier alpha value is -4.20. The number of nitrogens with zero attached hydrogens (tertiary/aromatic N) is 2. The number of alkyl carbamates (subject to hydrolysis) is 1. The van der Waals surface area contributed by atoms with Gasteiger partial charge >= 0.3 is 6.09 Å². The zero-order chi connectivity index (χ0) is 38.1. The van der Waals surface area contributed by atoms with Gasteiger partial charge in [0.25, 0.3) is 5.91 Å². The second kappa shape index (κ2) is 14.8. The molecule has 1 aromatic carbocycles. The minimum Gasteiger partial charge on any atom is -0.472 e. The quantitative estimate of drug-likeness (QED) is 0.262. The Morgan fingerprint density at radius 2 is 1.73 bits per heavy atom. The topological polar surface area (TPSA) is 173 Å². The fourth-order valence-electron chi connectivity index (χ4n) is 5.94. The molecule has 13 nitrogen and oxygen atoms in total. The Morgan fingerprint density at radius 1 is 1.06 bits per heavy atom. The zero-order valence-corrected chi connectivity index (χ0v) is 32.0. The van der Waals surface area contributed by atoms with Gasteiger partial charge in [-0.3, -0.25) is 19.1 Å². The molecule has 51 heavy (non-hydrogen) atoms. The Morgan fingerprint density at radius 3 is 2.29 bits per heavy atom. The lowest BCUT2D eigenvalue weighted by atomic mass is 9.85. The minimum atomic E-state index is -3.92. The van der Waals surface area contributed by atoms with Crippen molar-refractivity contribution in [1.29, 1.82) is 0 Å². The van der Waals surface area contributed by atoms with Crippen molar-refractivity contribution in [2.24, 2.45) is 5.41 Å². The third-order valence-corrected chi connectivity index (χ3v) is 10.8. The summed E-state index contributed by atoms with van der Waals surface area (Å²) in [7, 11) is -3.92. The minimum absolute atomic E-state index is 0.0230. The monoisotopic (exact) mass is 727 g/mol. The van der Waals surface area contributed by atoms with E-state index in [1.54, 1.807) is 47.7 Å². The van der Waals surface area contributed by atoms with Gasteiger partial charge in [0.2, 0.25) is 27.7 Å². The molecule has 0 spiro atoms. The molecule has 2 aromatic rings. The van der Waals surface area contributed by atoms with E-state index in [1.807, 2.05) is 18.2 Å². The van der Waals surface area contributed by atoms with Gasteiger partial charge in [-0.25, -0.2) is 18.2 Å². The molecule has 1 aromatic heterocycles. The summed E-state index contributed by atoms with van der Waals surface area (Å²) >= 11 is 0. The molecule has 4 atom stereocenters. The first-order valence-electron chi connectivity index (χ1n) is 17.4. The van der Waals surface area contributed by atoms with Crippen LogP contribution in [0.25, 0.3) is 10.8 Å². The van der Waals surface area contributed by atoms with Gasteiger partial charge in [0.15, 0.2) is 0 Å². The number of ether oxygens (including phenoxy) is 2. The second-order valence-electron chi connectivity index (χ2n) is 16.2. The van der Waals surface area contributed by atoms with Crippen LogP contribution in [-0.4, -0.2) is 83.2 Å². The fraction of sp³-hybridized carbons (Fsp3) is 0.595. The summed E-state index contributed by atoms with van der Waals surface area (Å²) in [6.07, 6.45) is 2.38. The molecule has 2 aliphatic rings. The van der Waals surface area contributed by atoms with Crippen molar-refractivity contribution in [2.75, 3.05) is 6.54 Å². The zero-order valence-electron chi connectivity index (χ0n) is 31.2. The van der Waals surface area contributed by atoms with Crippen LogP contribution in [0.3, 0.4) is 0 Å². The number of nitrogens with one attached hydrogen (secondary N) is 3. The molecular formula is C37H53N5O8S. The number of hydrogen-bond acceptors (Lipinski definition) is 9. The summed E-state index contributed by atoms with van der Waals surface area (Å²) in [5.74, 6) is -1.52. The van der Waals surface area contributed by atoms with Crippen LogP contribution in [0.2, 0.25) is 0 Å². The van der Waals surface area contributed by atoms with E-state index in [2.05, 4.69) is 46.8 Å². The molecule has 0 bridgehead atoms. The highest BCUT2D eigenvalue weighted by Gasteiger charge is 2.49. The van der Waals surface area contributed by atoms with E-state index < -0.39 is 73.8 Å². The summed E-state index contributed by atoms with van der Waals surface area (Å²) in [4.78, 5) is 60.8. The van der Waals surface area contributed by atoms with Gasteiger partial charge < -0.3 is 25.0 Å². The average Bonchev–Trinajstić information content (AvgIpc) is 3.79. The van der Waals surface area contributed by atoms with Gasteiger partial charge in [-0.05, 0) is 81.4 Å². The second-order valence-corrected chi connectivity index (χ2v) is 18.1. The Labute approximate surface area is 301 Å². The number of hydrogen-bond donors (Lipinski definition) is 3. The molecule has 3 N–H and O–H groups in total. The third kappa shape index (κ3) is 9.78. The maximum atomic E-state index is 14.4.